The molecule has 0 atom stereocenters. The van der Waals surface area contributed by atoms with E-state index in [1.807, 2.05) is 18.4 Å². The maximum atomic E-state index is 12.3. The van der Waals surface area contributed by atoms with Crippen LogP contribution in [0, 0.1) is 11.8 Å². The molecule has 6 nitrogen and oxygen atoms in total. The number of H-pyrrole nitrogens is 1. The quantitative estimate of drug-likeness (QED) is 0.707. The van der Waals surface area contributed by atoms with E-state index in [1.165, 1.54) is 11.3 Å². The van der Waals surface area contributed by atoms with E-state index in [4.69, 9.17) is 0 Å². The van der Waals surface area contributed by atoms with Gasteiger partial charge in [-0.1, -0.05) is 0 Å². The molecule has 1 aliphatic carbocycles. The Labute approximate surface area is 136 Å². The normalized spacial score (nSPS) is 15.0. The average molecular weight is 323 g/mol. The van der Waals surface area contributed by atoms with E-state index in [0.717, 1.165) is 18.2 Å². The fourth-order valence-electron chi connectivity index (χ4n) is 2.18. The molecular formula is C16H13N5OS. The first-order chi connectivity index (χ1) is 11.1. The lowest BCUT2D eigenvalue weighted by molar-refractivity contribution is 0.0925. The van der Waals surface area contributed by atoms with Gasteiger partial charge in [-0.05, 0) is 37.7 Å². The molecule has 2 N–H and O–H groups in total. The summed E-state index contributed by atoms with van der Waals surface area (Å²) in [4.78, 5) is 28.1. The fraction of sp³-hybridized carbons (Fsp3) is 0.250. The molecule has 3 aromatic rings. The van der Waals surface area contributed by atoms with Crippen LogP contribution in [-0.4, -0.2) is 31.4 Å². The third-order valence-electron chi connectivity index (χ3n) is 3.75. The highest BCUT2D eigenvalue weighted by Gasteiger charge is 2.39. The molecule has 3 aromatic heterocycles. The summed E-state index contributed by atoms with van der Waals surface area (Å²) in [6.07, 6.45) is 5.44. The van der Waals surface area contributed by atoms with Crippen LogP contribution >= 0.6 is 11.3 Å². The van der Waals surface area contributed by atoms with E-state index < -0.39 is 0 Å². The van der Waals surface area contributed by atoms with Gasteiger partial charge in [0.05, 0.1) is 5.39 Å². The maximum Gasteiger partial charge on any atom is 0.289 e. The fourth-order valence-corrected chi connectivity index (χ4v) is 2.66. The molecule has 1 amide bonds. The Morgan fingerprint density at radius 3 is 3.00 bits per heavy atom. The van der Waals surface area contributed by atoms with Crippen molar-refractivity contribution in [1.29, 1.82) is 0 Å². The van der Waals surface area contributed by atoms with Crippen LogP contribution in [0.2, 0.25) is 0 Å². The third-order valence-corrected chi connectivity index (χ3v) is 4.44. The molecule has 7 heteroatoms. The number of carbonyl (C=O) groups is 1. The summed E-state index contributed by atoms with van der Waals surface area (Å²) in [5.74, 6) is 5.84. The molecule has 4 rings (SSSR count). The van der Waals surface area contributed by atoms with Crippen LogP contribution < -0.4 is 5.32 Å². The number of hydrogen-bond acceptors (Lipinski definition) is 5. The van der Waals surface area contributed by atoms with Gasteiger partial charge in [-0.25, -0.2) is 15.0 Å². The highest BCUT2D eigenvalue weighted by atomic mass is 32.1. The number of fused-ring (bicyclic) bond motifs is 1. The number of hydrogen-bond donors (Lipinski definition) is 2. The first-order valence-electron chi connectivity index (χ1n) is 7.22. The average Bonchev–Trinajstić information content (AvgIpc) is 3.00. The summed E-state index contributed by atoms with van der Waals surface area (Å²) in [5, 5.41) is 6.34. The molecule has 23 heavy (non-hydrogen) atoms. The van der Waals surface area contributed by atoms with Crippen molar-refractivity contribution >= 4 is 28.3 Å². The van der Waals surface area contributed by atoms with Gasteiger partial charge in [0.1, 0.15) is 11.3 Å². The largest absolute Gasteiger partial charge is 0.346 e. The van der Waals surface area contributed by atoms with E-state index in [1.54, 1.807) is 12.4 Å². The van der Waals surface area contributed by atoms with Gasteiger partial charge < -0.3 is 10.3 Å². The number of amides is 1. The van der Waals surface area contributed by atoms with Gasteiger partial charge in [0.2, 0.25) is 5.82 Å². The van der Waals surface area contributed by atoms with Gasteiger partial charge in [0.25, 0.3) is 5.91 Å². The Morgan fingerprint density at radius 1 is 1.39 bits per heavy atom. The topological polar surface area (TPSA) is 83.6 Å². The lowest BCUT2D eigenvalue weighted by atomic mass is 10.2. The Kier molecular flexibility index (Phi) is 3.13. The Hall–Kier alpha value is -2.72. The van der Waals surface area contributed by atoms with Gasteiger partial charge >= 0.3 is 0 Å². The van der Waals surface area contributed by atoms with Crippen molar-refractivity contribution in [3.63, 3.8) is 0 Å². The molecule has 1 aliphatic rings. The minimum Gasteiger partial charge on any atom is -0.346 e. The Morgan fingerprint density at radius 2 is 2.26 bits per heavy atom. The van der Waals surface area contributed by atoms with E-state index >= 15 is 0 Å². The van der Waals surface area contributed by atoms with Crippen molar-refractivity contribution in [2.24, 2.45) is 0 Å². The van der Waals surface area contributed by atoms with Crippen molar-refractivity contribution in [3.8, 4) is 11.8 Å². The SMILES string of the molecule is CC1(NC(=O)c2nc(C#Cc3nccs3)c3cc[nH]c3n2)CC1. The molecule has 0 aliphatic heterocycles. The van der Waals surface area contributed by atoms with Crippen LogP contribution in [0.5, 0.6) is 0 Å². The van der Waals surface area contributed by atoms with E-state index in [9.17, 15) is 4.79 Å². The monoisotopic (exact) mass is 323 g/mol. The van der Waals surface area contributed by atoms with Gasteiger partial charge in [-0.15, -0.1) is 11.3 Å². The molecule has 0 radical (unpaired) electrons. The van der Waals surface area contributed by atoms with Crippen molar-refractivity contribution in [2.75, 3.05) is 0 Å². The van der Waals surface area contributed by atoms with Crippen molar-refractivity contribution in [2.45, 2.75) is 25.3 Å². The predicted molar refractivity (Wildman–Crippen MR) is 87.1 cm³/mol. The van der Waals surface area contributed by atoms with E-state index in [-0.39, 0.29) is 17.3 Å². The molecule has 0 spiro atoms. The van der Waals surface area contributed by atoms with Gasteiger partial charge in [0.15, 0.2) is 5.01 Å². The van der Waals surface area contributed by atoms with Crippen LogP contribution in [0.4, 0.5) is 0 Å². The molecule has 3 heterocycles. The molecular weight excluding hydrogens is 310 g/mol. The molecule has 114 valence electrons. The zero-order valence-corrected chi connectivity index (χ0v) is 13.2. The number of rotatable bonds is 2. The smallest absolute Gasteiger partial charge is 0.289 e. The maximum absolute atomic E-state index is 12.3. The van der Waals surface area contributed by atoms with Crippen molar-refractivity contribution < 1.29 is 4.79 Å². The van der Waals surface area contributed by atoms with Gasteiger partial charge in [-0.2, -0.15) is 0 Å². The van der Waals surface area contributed by atoms with Crippen LogP contribution in [0.1, 0.15) is 41.1 Å². The number of carbonyl (C=O) groups excluding carboxylic acids is 1. The minimum atomic E-state index is -0.265. The van der Waals surface area contributed by atoms with Crippen LogP contribution in [0.25, 0.3) is 11.0 Å². The summed E-state index contributed by atoms with van der Waals surface area (Å²) < 4.78 is 0. The second-order valence-electron chi connectivity index (χ2n) is 5.74. The van der Waals surface area contributed by atoms with Crippen LogP contribution in [0.15, 0.2) is 23.8 Å². The van der Waals surface area contributed by atoms with Crippen LogP contribution in [0.3, 0.4) is 0 Å². The zero-order valence-electron chi connectivity index (χ0n) is 12.4. The van der Waals surface area contributed by atoms with Gasteiger partial charge in [-0.3, -0.25) is 4.79 Å². The van der Waals surface area contributed by atoms with Crippen LogP contribution in [-0.2, 0) is 0 Å². The second-order valence-corrected chi connectivity index (χ2v) is 6.63. The summed E-state index contributed by atoms with van der Waals surface area (Å²) >= 11 is 1.46. The third kappa shape index (κ3) is 2.81. The first-order valence-corrected chi connectivity index (χ1v) is 8.10. The number of aromatic nitrogens is 4. The lowest BCUT2D eigenvalue weighted by Crippen LogP contribution is -2.35. The number of aromatic amines is 1. The van der Waals surface area contributed by atoms with E-state index in [0.29, 0.717) is 16.3 Å². The van der Waals surface area contributed by atoms with Crippen molar-refractivity contribution in [3.05, 3.63) is 40.4 Å². The highest BCUT2D eigenvalue weighted by molar-refractivity contribution is 7.10. The molecule has 0 unspecified atom stereocenters. The van der Waals surface area contributed by atoms with Gasteiger partial charge in [0, 0.05) is 23.3 Å². The van der Waals surface area contributed by atoms with Crippen molar-refractivity contribution in [1.82, 2.24) is 25.3 Å². The molecule has 1 saturated carbocycles. The molecule has 0 saturated heterocycles. The Balaban J connectivity index is 1.73. The number of thiazole rings is 1. The number of nitrogens with one attached hydrogen (secondary N) is 2. The standard InChI is InChI=1S/C16H13N5OS/c1-16(5-6-16)21-15(22)14-19-11(2-3-12-17-8-9-23-12)10-4-7-18-13(10)20-14/h4,7-9H,5-6H2,1H3,(H,21,22)(H,18,19,20). The summed E-state index contributed by atoms with van der Waals surface area (Å²) in [6.45, 7) is 2.02. The zero-order chi connectivity index (χ0) is 15.9. The number of nitrogens with zero attached hydrogens (tertiary/aromatic N) is 3. The summed E-state index contributed by atoms with van der Waals surface area (Å²) in [5.41, 5.74) is 1.02. The lowest BCUT2D eigenvalue weighted by Gasteiger charge is -2.10. The molecule has 0 aromatic carbocycles. The summed E-state index contributed by atoms with van der Waals surface area (Å²) in [7, 11) is 0. The predicted octanol–water partition coefficient (Wildman–Crippen LogP) is 2.10. The molecule has 1 fully saturated rings. The minimum absolute atomic E-state index is 0.113. The van der Waals surface area contributed by atoms with E-state index in [2.05, 4.69) is 37.1 Å². The molecule has 0 bridgehead atoms. The summed E-state index contributed by atoms with van der Waals surface area (Å²) in [6, 6.07) is 1.85. The Bertz CT molecular complexity index is 944. The second kappa shape index (κ2) is 5.18. The first kappa shape index (κ1) is 13.9. The highest BCUT2D eigenvalue weighted by Crippen LogP contribution is 2.34.